The second-order valence-electron chi connectivity index (χ2n) is 4.22. The van der Waals surface area contributed by atoms with Crippen LogP contribution in [0.4, 0.5) is 0 Å². The van der Waals surface area contributed by atoms with Crippen LogP contribution in [0.15, 0.2) is 0 Å². The molecule has 68 valence electrons. The van der Waals surface area contributed by atoms with Gasteiger partial charge in [0.25, 0.3) is 0 Å². The van der Waals surface area contributed by atoms with Crippen LogP contribution < -0.4 is 5.73 Å². The Hall–Kier alpha value is -0.530. The quantitative estimate of drug-likeness (QED) is 0.377. The van der Waals surface area contributed by atoms with Crippen molar-refractivity contribution in [2.45, 2.75) is 57.5 Å². The van der Waals surface area contributed by atoms with Crippen molar-refractivity contribution in [3.63, 3.8) is 0 Å². The maximum absolute atomic E-state index is 5.90. The summed E-state index contributed by atoms with van der Waals surface area (Å²) in [5, 5.41) is 0. The summed E-state index contributed by atoms with van der Waals surface area (Å²) in [4.78, 5) is 0. The van der Waals surface area contributed by atoms with Crippen LogP contribution in [-0.2, 0) is 0 Å². The fraction of sp³-hybridized carbons (Fsp3) is 0.900. The molecule has 12 heavy (non-hydrogen) atoms. The molecule has 0 aliphatic heterocycles. The van der Waals surface area contributed by atoms with E-state index in [0.29, 0.717) is 0 Å². The van der Waals surface area contributed by atoms with Crippen LogP contribution in [0.2, 0.25) is 0 Å². The topological polar surface area (TPSA) is 29.0 Å². The molecule has 0 unspecified atom stereocenters. The van der Waals surface area contributed by atoms with Crippen LogP contribution in [0.25, 0.3) is 0 Å². The molecule has 2 fully saturated rings. The first-order valence-corrected chi connectivity index (χ1v) is 5.16. The monoisotopic (exact) mass is 167 g/mol. The molecule has 0 saturated heterocycles. The zero-order chi connectivity index (χ0) is 8.55. The normalized spacial score (nSPS) is 27.4. The van der Waals surface area contributed by atoms with Gasteiger partial charge in [-0.1, -0.05) is 0 Å². The minimum Gasteiger partial charge on any atom is -0.291 e. The first-order chi connectivity index (χ1) is 5.79. The standard InChI is InChI=1S/C10H18N2/c1-8(11)12(10-6-7-10)9-4-2-3-5-9/h9-11H,2-7H2,1H3/p+1. The predicted molar refractivity (Wildman–Crippen MR) is 50.4 cm³/mol. The van der Waals surface area contributed by atoms with Gasteiger partial charge in [-0.2, -0.15) is 0 Å². The van der Waals surface area contributed by atoms with Gasteiger partial charge in [-0.3, -0.25) is 10.3 Å². The van der Waals surface area contributed by atoms with E-state index < -0.39 is 0 Å². The molecule has 0 heterocycles. The lowest BCUT2D eigenvalue weighted by molar-refractivity contribution is -0.579. The third-order valence-corrected chi connectivity index (χ3v) is 3.07. The van der Waals surface area contributed by atoms with Crippen molar-refractivity contribution >= 4 is 5.84 Å². The Bertz CT molecular complexity index is 194. The molecule has 0 radical (unpaired) electrons. The van der Waals surface area contributed by atoms with Gasteiger partial charge in [-0.15, -0.1) is 0 Å². The Kier molecular flexibility index (Phi) is 2.07. The van der Waals surface area contributed by atoms with E-state index in [-0.39, 0.29) is 0 Å². The molecule has 0 aromatic carbocycles. The van der Waals surface area contributed by atoms with Crippen molar-refractivity contribution in [3.8, 4) is 0 Å². The number of nitrogens with two attached hydrogens (primary N) is 1. The van der Waals surface area contributed by atoms with Crippen molar-refractivity contribution in [1.29, 1.82) is 0 Å². The third-order valence-electron chi connectivity index (χ3n) is 3.07. The summed E-state index contributed by atoms with van der Waals surface area (Å²) in [6.07, 6.45) is 8.27. The van der Waals surface area contributed by atoms with Gasteiger partial charge >= 0.3 is 0 Å². The summed E-state index contributed by atoms with van der Waals surface area (Å²) in [5.74, 6) is 1.05. The smallest absolute Gasteiger partial charge is 0.239 e. The predicted octanol–water partition coefficient (Wildman–Crippen LogP) is 1.48. The molecule has 2 heteroatoms. The molecule has 2 aliphatic rings. The zero-order valence-corrected chi connectivity index (χ0v) is 7.92. The van der Waals surface area contributed by atoms with Gasteiger partial charge < -0.3 is 0 Å². The Morgan fingerprint density at radius 1 is 1.08 bits per heavy atom. The summed E-state index contributed by atoms with van der Waals surface area (Å²) in [6.45, 7) is 2.05. The maximum atomic E-state index is 5.90. The van der Waals surface area contributed by atoms with Gasteiger partial charge in [0.15, 0.2) is 0 Å². The zero-order valence-electron chi connectivity index (χ0n) is 7.92. The van der Waals surface area contributed by atoms with E-state index >= 15 is 0 Å². The minimum absolute atomic E-state index is 0.780. The van der Waals surface area contributed by atoms with Gasteiger partial charge in [-0.05, 0) is 38.5 Å². The number of hydrogen-bond donors (Lipinski definition) is 1. The first-order valence-electron chi connectivity index (χ1n) is 5.16. The van der Waals surface area contributed by atoms with Crippen molar-refractivity contribution < 1.29 is 4.58 Å². The molecule has 0 aromatic heterocycles. The first kappa shape index (κ1) is 8.09. The number of nitrogens with zero attached hydrogens (tertiary/aromatic N) is 1. The lowest BCUT2D eigenvalue weighted by Crippen LogP contribution is -2.34. The summed E-state index contributed by atoms with van der Waals surface area (Å²) in [7, 11) is 0. The number of amidine groups is 1. The lowest BCUT2D eigenvalue weighted by atomic mass is 10.2. The molecule has 2 rings (SSSR count). The van der Waals surface area contributed by atoms with E-state index in [4.69, 9.17) is 5.73 Å². The van der Waals surface area contributed by atoms with E-state index in [2.05, 4.69) is 11.5 Å². The molecule has 0 bridgehead atoms. The maximum Gasteiger partial charge on any atom is 0.239 e. The largest absolute Gasteiger partial charge is 0.291 e. The van der Waals surface area contributed by atoms with Crippen molar-refractivity contribution in [3.05, 3.63) is 0 Å². The van der Waals surface area contributed by atoms with Crippen LogP contribution in [0, 0.1) is 0 Å². The fourth-order valence-electron chi connectivity index (χ4n) is 2.41. The Labute approximate surface area is 74.5 Å². The Morgan fingerprint density at radius 3 is 2.00 bits per heavy atom. The molecule has 0 spiro atoms. The molecular formula is C10H19N2+. The fourth-order valence-corrected chi connectivity index (χ4v) is 2.41. The van der Waals surface area contributed by atoms with Crippen LogP contribution in [0.5, 0.6) is 0 Å². The van der Waals surface area contributed by atoms with Crippen LogP contribution in [0.3, 0.4) is 0 Å². The van der Waals surface area contributed by atoms with Crippen LogP contribution in [0.1, 0.15) is 45.4 Å². The SMILES string of the molecule is CC(N)=[N+](C1CCCC1)C1CC1. The summed E-state index contributed by atoms with van der Waals surface area (Å²) < 4.78 is 2.48. The number of rotatable bonds is 2. The van der Waals surface area contributed by atoms with Crippen LogP contribution in [-0.4, -0.2) is 22.5 Å². The summed E-state index contributed by atoms with van der Waals surface area (Å²) >= 11 is 0. The van der Waals surface area contributed by atoms with Crippen molar-refractivity contribution in [2.75, 3.05) is 0 Å². The van der Waals surface area contributed by atoms with E-state index in [1.165, 1.54) is 38.5 Å². The van der Waals surface area contributed by atoms with Gasteiger partial charge in [0.05, 0.1) is 12.1 Å². The van der Waals surface area contributed by atoms with Gasteiger partial charge in [0.2, 0.25) is 5.84 Å². The van der Waals surface area contributed by atoms with Gasteiger partial charge in [0, 0.05) is 6.92 Å². The highest BCUT2D eigenvalue weighted by Gasteiger charge is 2.36. The van der Waals surface area contributed by atoms with E-state index in [9.17, 15) is 0 Å². The second-order valence-corrected chi connectivity index (χ2v) is 4.22. The lowest BCUT2D eigenvalue weighted by Gasteiger charge is -2.14. The second kappa shape index (κ2) is 3.08. The molecule has 0 aromatic rings. The molecule has 0 amide bonds. The third kappa shape index (κ3) is 1.47. The molecule has 2 N–H and O–H groups in total. The molecule has 2 aliphatic carbocycles. The molecule has 0 atom stereocenters. The van der Waals surface area contributed by atoms with Crippen molar-refractivity contribution in [2.24, 2.45) is 5.73 Å². The highest BCUT2D eigenvalue weighted by atomic mass is 15.1. The minimum atomic E-state index is 0.780. The van der Waals surface area contributed by atoms with Crippen LogP contribution >= 0.6 is 0 Å². The molecule has 2 nitrogen and oxygen atoms in total. The average Bonchev–Trinajstić information content (AvgIpc) is 2.65. The highest BCUT2D eigenvalue weighted by Crippen LogP contribution is 2.30. The van der Waals surface area contributed by atoms with E-state index in [0.717, 1.165) is 17.9 Å². The molecule has 2 saturated carbocycles. The van der Waals surface area contributed by atoms with Crippen molar-refractivity contribution in [1.82, 2.24) is 0 Å². The van der Waals surface area contributed by atoms with E-state index in [1.54, 1.807) is 0 Å². The Balaban J connectivity index is 2.10. The Morgan fingerprint density at radius 2 is 1.58 bits per heavy atom. The summed E-state index contributed by atoms with van der Waals surface area (Å²) in [6, 6.07) is 1.58. The van der Waals surface area contributed by atoms with Gasteiger partial charge in [-0.25, -0.2) is 0 Å². The molecular weight excluding hydrogens is 148 g/mol. The average molecular weight is 167 g/mol. The van der Waals surface area contributed by atoms with Gasteiger partial charge in [0.1, 0.15) is 0 Å². The highest BCUT2D eigenvalue weighted by molar-refractivity contribution is 5.72. The number of hydrogen-bond acceptors (Lipinski definition) is 0. The van der Waals surface area contributed by atoms with E-state index in [1.807, 2.05) is 0 Å². The summed E-state index contributed by atoms with van der Waals surface area (Å²) in [5.41, 5.74) is 5.90.